The van der Waals surface area contributed by atoms with E-state index in [-0.39, 0.29) is 27.6 Å². The number of nitro groups is 1. The zero-order chi connectivity index (χ0) is 19.0. The Kier molecular flexibility index (Phi) is 4.48. The average molecular weight is 373 g/mol. The number of non-ortho nitro benzene ring substituents is 1. The molecule has 0 radical (unpaired) electrons. The Bertz CT molecular complexity index is 1120. The molecule has 7 nitrogen and oxygen atoms in total. The topological polar surface area (TPSA) is 102 Å². The van der Waals surface area contributed by atoms with Crippen LogP contribution in [-0.4, -0.2) is 10.8 Å². The van der Waals surface area contributed by atoms with Crippen molar-refractivity contribution in [2.45, 2.75) is 13.8 Å². The number of rotatable bonds is 3. The van der Waals surface area contributed by atoms with Crippen molar-refractivity contribution < 1.29 is 14.1 Å². The van der Waals surface area contributed by atoms with Gasteiger partial charge in [0, 0.05) is 18.2 Å². The van der Waals surface area contributed by atoms with Crippen LogP contribution in [0.3, 0.4) is 0 Å². The van der Waals surface area contributed by atoms with Gasteiger partial charge >= 0.3 is 0 Å². The van der Waals surface area contributed by atoms with Crippen molar-refractivity contribution in [1.29, 1.82) is 0 Å². The highest BCUT2D eigenvalue weighted by Gasteiger charge is 2.16. The molecule has 1 amide bonds. The summed E-state index contributed by atoms with van der Waals surface area (Å²) in [6.45, 7) is 3.65. The number of carbonyl (C=O) groups is 1. The van der Waals surface area contributed by atoms with Crippen LogP contribution >= 0.6 is 11.6 Å². The first-order chi connectivity index (χ1) is 12.3. The van der Waals surface area contributed by atoms with Gasteiger partial charge in [-0.1, -0.05) is 17.7 Å². The van der Waals surface area contributed by atoms with E-state index in [0.29, 0.717) is 11.0 Å². The van der Waals surface area contributed by atoms with E-state index in [1.54, 1.807) is 13.0 Å². The molecule has 2 aromatic carbocycles. The number of carbonyl (C=O) groups excluding carboxylic acids is 1. The van der Waals surface area contributed by atoms with Crippen LogP contribution in [0, 0.1) is 24.0 Å². The SMILES string of the molecule is Cc1cc(C)c2oc(C(=O)Nc3ccc([N+](=O)[O-])cc3Cl)cc(=O)c2c1. The predicted octanol–water partition coefficient (Wildman–Crippen LogP) is 4.22. The van der Waals surface area contributed by atoms with E-state index in [0.717, 1.165) is 23.3 Å². The molecule has 8 heteroatoms. The highest BCUT2D eigenvalue weighted by Crippen LogP contribution is 2.27. The molecule has 0 aliphatic carbocycles. The molecule has 3 aromatic rings. The summed E-state index contributed by atoms with van der Waals surface area (Å²) >= 11 is 5.96. The lowest BCUT2D eigenvalue weighted by molar-refractivity contribution is -0.384. The number of nitrogens with one attached hydrogen (secondary N) is 1. The van der Waals surface area contributed by atoms with Gasteiger partial charge in [0.15, 0.2) is 11.2 Å². The third kappa shape index (κ3) is 3.29. The van der Waals surface area contributed by atoms with Gasteiger partial charge in [0.1, 0.15) is 5.58 Å². The lowest BCUT2D eigenvalue weighted by Gasteiger charge is -2.08. The van der Waals surface area contributed by atoms with Crippen LogP contribution in [0.25, 0.3) is 11.0 Å². The number of hydrogen-bond acceptors (Lipinski definition) is 5. The fraction of sp³-hybridized carbons (Fsp3) is 0.111. The van der Waals surface area contributed by atoms with E-state index in [2.05, 4.69) is 5.32 Å². The van der Waals surface area contributed by atoms with Gasteiger partial charge in [-0.15, -0.1) is 0 Å². The molecule has 0 saturated heterocycles. The minimum absolute atomic E-state index is 0.00231. The number of halogens is 1. The van der Waals surface area contributed by atoms with Crippen LogP contribution in [0.2, 0.25) is 5.02 Å². The van der Waals surface area contributed by atoms with E-state index in [4.69, 9.17) is 16.0 Å². The number of nitrogens with zero attached hydrogens (tertiary/aromatic N) is 1. The molecule has 0 spiro atoms. The highest BCUT2D eigenvalue weighted by atomic mass is 35.5. The van der Waals surface area contributed by atoms with Crippen molar-refractivity contribution in [3.63, 3.8) is 0 Å². The van der Waals surface area contributed by atoms with Crippen molar-refractivity contribution in [2.75, 3.05) is 5.32 Å². The third-order valence-electron chi connectivity index (χ3n) is 3.79. The number of nitro benzene ring substituents is 1. The van der Waals surface area contributed by atoms with E-state index >= 15 is 0 Å². The fourth-order valence-electron chi connectivity index (χ4n) is 2.62. The molecule has 1 N–H and O–H groups in total. The van der Waals surface area contributed by atoms with E-state index < -0.39 is 10.8 Å². The third-order valence-corrected chi connectivity index (χ3v) is 4.11. The molecule has 0 unspecified atom stereocenters. The minimum atomic E-state index is -0.681. The smallest absolute Gasteiger partial charge is 0.291 e. The molecular formula is C18H13ClN2O5. The maximum absolute atomic E-state index is 12.4. The number of anilines is 1. The van der Waals surface area contributed by atoms with Gasteiger partial charge in [0.25, 0.3) is 11.6 Å². The van der Waals surface area contributed by atoms with Crippen molar-refractivity contribution in [3.8, 4) is 0 Å². The minimum Gasteiger partial charge on any atom is -0.450 e. The largest absolute Gasteiger partial charge is 0.450 e. The normalized spacial score (nSPS) is 10.7. The van der Waals surface area contributed by atoms with Crippen LogP contribution in [0.4, 0.5) is 11.4 Å². The zero-order valence-corrected chi connectivity index (χ0v) is 14.6. The van der Waals surface area contributed by atoms with Crippen LogP contribution < -0.4 is 10.7 Å². The Morgan fingerprint density at radius 1 is 1.19 bits per heavy atom. The van der Waals surface area contributed by atoms with Crippen molar-refractivity contribution in [2.24, 2.45) is 0 Å². The maximum atomic E-state index is 12.4. The summed E-state index contributed by atoms with van der Waals surface area (Å²) in [6.07, 6.45) is 0. The molecule has 0 aliphatic heterocycles. The molecule has 0 aliphatic rings. The molecule has 3 rings (SSSR count). The molecule has 132 valence electrons. The Hall–Kier alpha value is -3.19. The lowest BCUT2D eigenvalue weighted by Crippen LogP contribution is -2.15. The fourth-order valence-corrected chi connectivity index (χ4v) is 2.85. The summed E-state index contributed by atoms with van der Waals surface area (Å²) in [4.78, 5) is 34.9. The summed E-state index contributed by atoms with van der Waals surface area (Å²) in [5.74, 6) is -0.858. The molecule has 1 heterocycles. The Balaban J connectivity index is 1.98. The zero-order valence-electron chi connectivity index (χ0n) is 13.8. The second-order valence-corrected chi connectivity index (χ2v) is 6.22. The Morgan fingerprint density at radius 2 is 1.92 bits per heavy atom. The van der Waals surface area contributed by atoms with Crippen LogP contribution in [-0.2, 0) is 0 Å². The van der Waals surface area contributed by atoms with Crippen LogP contribution in [0.1, 0.15) is 21.7 Å². The number of benzene rings is 2. The first-order valence-corrected chi connectivity index (χ1v) is 7.94. The summed E-state index contributed by atoms with van der Waals surface area (Å²) in [5, 5.41) is 13.6. The number of hydrogen-bond donors (Lipinski definition) is 1. The quantitative estimate of drug-likeness (QED) is 0.547. The summed E-state index contributed by atoms with van der Waals surface area (Å²) in [6, 6.07) is 8.30. The van der Waals surface area contributed by atoms with E-state index in [1.807, 2.05) is 13.0 Å². The van der Waals surface area contributed by atoms with Gasteiger partial charge in [-0.2, -0.15) is 0 Å². The van der Waals surface area contributed by atoms with Crippen LogP contribution in [0.15, 0.2) is 45.6 Å². The second kappa shape index (κ2) is 6.61. The van der Waals surface area contributed by atoms with Gasteiger partial charge in [-0.05, 0) is 37.1 Å². The summed E-state index contributed by atoms with van der Waals surface area (Å²) < 4.78 is 5.60. The Labute approximate surface area is 152 Å². The molecular weight excluding hydrogens is 360 g/mol. The average Bonchev–Trinajstić information content (AvgIpc) is 2.57. The predicted molar refractivity (Wildman–Crippen MR) is 98.0 cm³/mol. The number of aryl methyl sites for hydroxylation is 2. The van der Waals surface area contributed by atoms with Crippen molar-refractivity contribution in [1.82, 2.24) is 0 Å². The summed E-state index contributed by atoms with van der Waals surface area (Å²) in [5.41, 5.74) is 1.63. The number of fused-ring (bicyclic) bond motifs is 1. The first kappa shape index (κ1) is 17.6. The van der Waals surface area contributed by atoms with E-state index in [1.165, 1.54) is 12.1 Å². The van der Waals surface area contributed by atoms with Gasteiger partial charge in [0.2, 0.25) is 0 Å². The van der Waals surface area contributed by atoms with Gasteiger partial charge in [0.05, 0.1) is 21.0 Å². The lowest BCUT2D eigenvalue weighted by atomic mass is 10.1. The summed E-state index contributed by atoms with van der Waals surface area (Å²) in [7, 11) is 0. The van der Waals surface area contributed by atoms with Crippen molar-refractivity contribution >= 4 is 39.9 Å². The first-order valence-electron chi connectivity index (χ1n) is 7.56. The molecule has 0 fully saturated rings. The molecule has 0 saturated carbocycles. The monoisotopic (exact) mass is 372 g/mol. The van der Waals surface area contributed by atoms with Gasteiger partial charge in [-0.25, -0.2) is 0 Å². The molecule has 1 aromatic heterocycles. The van der Waals surface area contributed by atoms with Crippen LogP contribution in [0.5, 0.6) is 0 Å². The molecule has 26 heavy (non-hydrogen) atoms. The molecule has 0 bridgehead atoms. The standard InChI is InChI=1S/C18H13ClN2O5/c1-9-5-10(2)17-12(6-9)15(22)8-16(26-17)18(23)20-14-4-3-11(21(24)25)7-13(14)19/h3-8H,1-2H3,(H,20,23). The number of amides is 1. The molecule has 0 atom stereocenters. The van der Waals surface area contributed by atoms with E-state index in [9.17, 15) is 19.7 Å². The van der Waals surface area contributed by atoms with Gasteiger partial charge in [-0.3, -0.25) is 19.7 Å². The van der Waals surface area contributed by atoms with Crippen molar-refractivity contribution in [3.05, 3.63) is 78.6 Å². The maximum Gasteiger partial charge on any atom is 0.291 e. The Morgan fingerprint density at radius 3 is 2.58 bits per heavy atom. The second-order valence-electron chi connectivity index (χ2n) is 5.81. The van der Waals surface area contributed by atoms with Gasteiger partial charge < -0.3 is 9.73 Å². The highest BCUT2D eigenvalue weighted by molar-refractivity contribution is 6.34.